The molecule has 0 radical (unpaired) electrons. The summed E-state index contributed by atoms with van der Waals surface area (Å²) < 4.78 is 1.59. The van der Waals surface area contributed by atoms with E-state index in [1.165, 1.54) is 24.8 Å². The Labute approximate surface area is 113 Å². The van der Waals surface area contributed by atoms with Crippen LogP contribution in [0.4, 0.5) is 5.95 Å². The summed E-state index contributed by atoms with van der Waals surface area (Å²) in [6.45, 7) is 1.90. The van der Waals surface area contributed by atoms with Crippen molar-refractivity contribution in [2.45, 2.75) is 32.1 Å². The molecule has 0 saturated heterocycles. The molecule has 2 aromatic rings. The van der Waals surface area contributed by atoms with Crippen molar-refractivity contribution in [3.05, 3.63) is 47.3 Å². The van der Waals surface area contributed by atoms with E-state index >= 15 is 0 Å². The van der Waals surface area contributed by atoms with Gasteiger partial charge in [0.15, 0.2) is 0 Å². The van der Waals surface area contributed by atoms with Crippen LogP contribution in [0.1, 0.15) is 42.0 Å². The molecule has 2 N–H and O–H groups in total. The molecule has 1 aromatic carbocycles. The van der Waals surface area contributed by atoms with Gasteiger partial charge in [-0.2, -0.15) is 5.10 Å². The first-order valence-electron chi connectivity index (χ1n) is 6.68. The Balaban J connectivity index is 1.74. The fourth-order valence-electron chi connectivity index (χ4n) is 2.32. The molecule has 19 heavy (non-hydrogen) atoms. The maximum Gasteiger partial charge on any atom is 0.221 e. The SMILES string of the molecule is Cc1cn(N=Cc2ccc(C3CCC3)cc2)c(N)n1. The molecule has 1 aliphatic carbocycles. The topological polar surface area (TPSA) is 56.2 Å². The second-order valence-corrected chi connectivity index (χ2v) is 5.12. The molecule has 3 rings (SSSR count). The number of nitrogens with zero attached hydrogens (tertiary/aromatic N) is 3. The highest BCUT2D eigenvalue weighted by Crippen LogP contribution is 2.36. The van der Waals surface area contributed by atoms with Crippen LogP contribution in [-0.2, 0) is 0 Å². The standard InChI is InChI=1S/C15H18N4/c1-11-10-19(15(16)18-11)17-9-12-5-7-14(8-6-12)13-3-2-4-13/h5-10,13H,2-4H2,1H3,(H2,16,18). The van der Waals surface area contributed by atoms with Crippen LogP contribution in [0.2, 0.25) is 0 Å². The van der Waals surface area contributed by atoms with Gasteiger partial charge in [-0.1, -0.05) is 30.7 Å². The smallest absolute Gasteiger partial charge is 0.221 e. The first kappa shape index (κ1) is 12.0. The van der Waals surface area contributed by atoms with Gasteiger partial charge in [-0.15, -0.1) is 0 Å². The Morgan fingerprint density at radius 3 is 2.58 bits per heavy atom. The Morgan fingerprint density at radius 1 is 1.32 bits per heavy atom. The third-order valence-corrected chi connectivity index (χ3v) is 3.68. The highest BCUT2D eigenvalue weighted by Gasteiger charge is 2.18. The van der Waals surface area contributed by atoms with E-state index in [4.69, 9.17) is 5.73 Å². The lowest BCUT2D eigenvalue weighted by Crippen LogP contribution is -2.08. The molecule has 0 bridgehead atoms. The fourth-order valence-corrected chi connectivity index (χ4v) is 2.32. The van der Waals surface area contributed by atoms with E-state index in [0.717, 1.165) is 17.2 Å². The van der Waals surface area contributed by atoms with Gasteiger partial charge in [0.2, 0.25) is 5.95 Å². The predicted octanol–water partition coefficient (Wildman–Crippen LogP) is 2.92. The molecule has 4 nitrogen and oxygen atoms in total. The normalized spacial score (nSPS) is 15.8. The maximum atomic E-state index is 5.73. The van der Waals surface area contributed by atoms with E-state index in [1.807, 2.05) is 19.3 Å². The lowest BCUT2D eigenvalue weighted by molar-refractivity contribution is 0.420. The number of benzene rings is 1. The van der Waals surface area contributed by atoms with E-state index in [0.29, 0.717) is 5.95 Å². The maximum absolute atomic E-state index is 5.73. The number of aromatic nitrogens is 2. The van der Waals surface area contributed by atoms with Crippen molar-refractivity contribution < 1.29 is 0 Å². The second-order valence-electron chi connectivity index (χ2n) is 5.12. The number of hydrogen-bond donors (Lipinski definition) is 1. The summed E-state index contributed by atoms with van der Waals surface area (Å²) in [5.74, 6) is 1.19. The van der Waals surface area contributed by atoms with Crippen LogP contribution in [-0.4, -0.2) is 15.9 Å². The molecule has 0 atom stereocenters. The van der Waals surface area contributed by atoms with Crippen LogP contribution in [0.25, 0.3) is 0 Å². The Kier molecular flexibility index (Phi) is 3.07. The number of aryl methyl sites for hydroxylation is 1. The van der Waals surface area contributed by atoms with Crippen molar-refractivity contribution in [3.8, 4) is 0 Å². The predicted molar refractivity (Wildman–Crippen MR) is 77.4 cm³/mol. The van der Waals surface area contributed by atoms with Crippen LogP contribution < -0.4 is 5.73 Å². The van der Waals surface area contributed by atoms with Crippen LogP contribution in [0.15, 0.2) is 35.6 Å². The van der Waals surface area contributed by atoms with Gasteiger partial charge >= 0.3 is 0 Å². The van der Waals surface area contributed by atoms with Crippen molar-refractivity contribution in [3.63, 3.8) is 0 Å². The highest BCUT2D eigenvalue weighted by atomic mass is 15.4. The summed E-state index contributed by atoms with van der Waals surface area (Å²) in [5, 5.41) is 4.31. The molecular weight excluding hydrogens is 236 g/mol. The van der Waals surface area contributed by atoms with Crippen molar-refractivity contribution in [1.29, 1.82) is 0 Å². The minimum Gasteiger partial charge on any atom is -0.368 e. The van der Waals surface area contributed by atoms with E-state index in [-0.39, 0.29) is 0 Å². The molecule has 1 aromatic heterocycles. The minimum atomic E-state index is 0.417. The average Bonchev–Trinajstić information content (AvgIpc) is 2.65. The van der Waals surface area contributed by atoms with Crippen molar-refractivity contribution >= 4 is 12.2 Å². The number of rotatable bonds is 3. The van der Waals surface area contributed by atoms with Gasteiger partial charge in [0.05, 0.1) is 18.1 Å². The van der Waals surface area contributed by atoms with Crippen LogP contribution in [0.5, 0.6) is 0 Å². The van der Waals surface area contributed by atoms with E-state index in [2.05, 4.69) is 34.4 Å². The summed E-state index contributed by atoms with van der Waals surface area (Å²) in [7, 11) is 0. The molecule has 0 spiro atoms. The van der Waals surface area contributed by atoms with Gasteiger partial charge in [-0.05, 0) is 36.8 Å². The number of nitrogen functional groups attached to an aromatic ring is 1. The zero-order valence-electron chi connectivity index (χ0n) is 11.1. The molecule has 98 valence electrons. The summed E-state index contributed by atoms with van der Waals surface area (Å²) in [5.41, 5.74) is 9.13. The quantitative estimate of drug-likeness (QED) is 0.856. The van der Waals surface area contributed by atoms with Crippen molar-refractivity contribution in [1.82, 2.24) is 9.66 Å². The van der Waals surface area contributed by atoms with Crippen LogP contribution in [0.3, 0.4) is 0 Å². The highest BCUT2D eigenvalue weighted by molar-refractivity contribution is 5.79. The second kappa shape index (κ2) is 4.88. The first-order chi connectivity index (χ1) is 9.22. The zero-order chi connectivity index (χ0) is 13.2. The van der Waals surface area contributed by atoms with Gasteiger partial charge in [0, 0.05) is 0 Å². The Morgan fingerprint density at radius 2 is 2.05 bits per heavy atom. The van der Waals surface area contributed by atoms with Crippen molar-refractivity contribution in [2.24, 2.45) is 5.10 Å². The summed E-state index contributed by atoms with van der Waals surface area (Å²) in [6, 6.07) is 8.62. The van der Waals surface area contributed by atoms with Gasteiger partial charge in [-0.3, -0.25) is 0 Å². The third kappa shape index (κ3) is 2.52. The minimum absolute atomic E-state index is 0.417. The van der Waals surface area contributed by atoms with E-state index in [9.17, 15) is 0 Å². The fraction of sp³-hybridized carbons (Fsp3) is 0.333. The van der Waals surface area contributed by atoms with Gasteiger partial charge in [0.25, 0.3) is 0 Å². The van der Waals surface area contributed by atoms with Gasteiger partial charge < -0.3 is 5.73 Å². The van der Waals surface area contributed by atoms with Gasteiger partial charge in [0.1, 0.15) is 0 Å². The molecule has 1 heterocycles. The summed E-state index contributed by atoms with van der Waals surface area (Å²) in [4.78, 5) is 4.11. The lowest BCUT2D eigenvalue weighted by Gasteiger charge is -2.25. The third-order valence-electron chi connectivity index (χ3n) is 3.68. The summed E-state index contributed by atoms with van der Waals surface area (Å²) in [6.07, 6.45) is 7.65. The number of anilines is 1. The zero-order valence-corrected chi connectivity index (χ0v) is 11.1. The monoisotopic (exact) mass is 254 g/mol. The molecule has 0 aliphatic heterocycles. The average molecular weight is 254 g/mol. The molecule has 1 fully saturated rings. The molecular formula is C15H18N4. The van der Waals surface area contributed by atoms with Gasteiger partial charge in [-0.25, -0.2) is 9.66 Å². The molecule has 4 heteroatoms. The Hall–Kier alpha value is -2.10. The number of nitrogens with two attached hydrogens (primary N) is 1. The molecule has 1 saturated carbocycles. The molecule has 0 amide bonds. The van der Waals surface area contributed by atoms with Crippen LogP contribution >= 0.6 is 0 Å². The largest absolute Gasteiger partial charge is 0.368 e. The van der Waals surface area contributed by atoms with E-state index in [1.54, 1.807) is 4.68 Å². The first-order valence-corrected chi connectivity index (χ1v) is 6.68. The van der Waals surface area contributed by atoms with E-state index < -0.39 is 0 Å². The number of hydrogen-bond acceptors (Lipinski definition) is 3. The number of imidazole rings is 1. The molecule has 1 aliphatic rings. The van der Waals surface area contributed by atoms with Crippen molar-refractivity contribution in [2.75, 3.05) is 5.73 Å². The molecule has 0 unspecified atom stereocenters. The lowest BCUT2D eigenvalue weighted by atomic mass is 9.80. The summed E-state index contributed by atoms with van der Waals surface area (Å²) >= 11 is 0. The Bertz CT molecular complexity index is 591. The van der Waals surface area contributed by atoms with Crippen LogP contribution in [0, 0.1) is 6.92 Å².